The third-order valence-electron chi connectivity index (χ3n) is 2.69. The Morgan fingerprint density at radius 2 is 1.86 bits per heavy atom. The van der Waals surface area contributed by atoms with Crippen molar-refractivity contribution >= 4 is 17.7 Å². The standard InChI is InChI=1S/C16H24N2O3/c1-11-6-7-12(2)13(10-11)18-14(19)8-9-17-15(20)21-16(3,4)5/h6-7,10H,8-9H2,1-5H3,(H,17,20)(H,18,19). The largest absolute Gasteiger partial charge is 0.444 e. The molecule has 0 bridgehead atoms. The van der Waals surface area contributed by atoms with Crippen molar-refractivity contribution in [1.82, 2.24) is 5.32 Å². The number of carbonyl (C=O) groups excluding carboxylic acids is 2. The number of anilines is 1. The van der Waals surface area contributed by atoms with Crippen LogP contribution in [0.15, 0.2) is 18.2 Å². The number of alkyl carbamates (subject to hydrolysis) is 1. The number of ether oxygens (including phenoxy) is 1. The van der Waals surface area contributed by atoms with Crippen LogP contribution in [0.25, 0.3) is 0 Å². The average molecular weight is 292 g/mol. The molecule has 0 atom stereocenters. The minimum Gasteiger partial charge on any atom is -0.444 e. The number of rotatable bonds is 4. The van der Waals surface area contributed by atoms with Gasteiger partial charge >= 0.3 is 6.09 Å². The summed E-state index contributed by atoms with van der Waals surface area (Å²) < 4.78 is 5.09. The van der Waals surface area contributed by atoms with Crippen LogP contribution in [0.3, 0.4) is 0 Å². The van der Waals surface area contributed by atoms with Gasteiger partial charge in [-0.05, 0) is 51.8 Å². The van der Waals surface area contributed by atoms with E-state index in [1.165, 1.54) is 0 Å². The molecule has 1 aromatic rings. The molecule has 5 heteroatoms. The van der Waals surface area contributed by atoms with Crippen LogP contribution < -0.4 is 10.6 Å². The monoisotopic (exact) mass is 292 g/mol. The Morgan fingerprint density at radius 3 is 2.48 bits per heavy atom. The molecule has 0 fully saturated rings. The molecule has 0 spiro atoms. The van der Waals surface area contributed by atoms with E-state index in [1.54, 1.807) is 20.8 Å². The molecule has 0 unspecified atom stereocenters. The second-order valence-electron chi connectivity index (χ2n) is 6.05. The highest BCUT2D eigenvalue weighted by Gasteiger charge is 2.15. The van der Waals surface area contributed by atoms with E-state index >= 15 is 0 Å². The Bertz CT molecular complexity index is 519. The number of benzene rings is 1. The fourth-order valence-corrected chi connectivity index (χ4v) is 1.68. The Labute approximate surface area is 126 Å². The molecule has 0 aromatic heterocycles. The fraction of sp³-hybridized carbons (Fsp3) is 0.500. The van der Waals surface area contributed by atoms with E-state index in [4.69, 9.17) is 4.74 Å². The van der Waals surface area contributed by atoms with Crippen molar-refractivity contribution in [3.8, 4) is 0 Å². The zero-order valence-electron chi connectivity index (χ0n) is 13.4. The summed E-state index contributed by atoms with van der Waals surface area (Å²) in [6.45, 7) is 9.53. The predicted octanol–water partition coefficient (Wildman–Crippen LogP) is 3.16. The van der Waals surface area contributed by atoms with E-state index in [2.05, 4.69) is 10.6 Å². The van der Waals surface area contributed by atoms with E-state index in [0.29, 0.717) is 0 Å². The Hall–Kier alpha value is -2.04. The van der Waals surface area contributed by atoms with Crippen molar-refractivity contribution in [2.45, 2.75) is 46.6 Å². The number of amides is 2. The van der Waals surface area contributed by atoms with Crippen LogP contribution in [0.2, 0.25) is 0 Å². The molecule has 2 amide bonds. The SMILES string of the molecule is Cc1ccc(C)c(NC(=O)CCNC(=O)OC(C)(C)C)c1. The van der Waals surface area contributed by atoms with E-state index in [-0.39, 0.29) is 18.9 Å². The molecule has 0 aliphatic carbocycles. The molecule has 0 aliphatic rings. The number of hydrogen-bond donors (Lipinski definition) is 2. The molecule has 116 valence electrons. The first-order valence-electron chi connectivity index (χ1n) is 7.01. The van der Waals surface area contributed by atoms with Gasteiger partial charge in [-0.25, -0.2) is 4.79 Å². The molecule has 5 nitrogen and oxygen atoms in total. The number of hydrogen-bond acceptors (Lipinski definition) is 3. The summed E-state index contributed by atoms with van der Waals surface area (Å²) in [6, 6.07) is 5.88. The predicted molar refractivity (Wildman–Crippen MR) is 83.4 cm³/mol. The Kier molecular flexibility index (Phi) is 5.76. The van der Waals surface area contributed by atoms with Gasteiger partial charge < -0.3 is 15.4 Å². The topological polar surface area (TPSA) is 67.4 Å². The fourth-order valence-electron chi connectivity index (χ4n) is 1.68. The molecule has 21 heavy (non-hydrogen) atoms. The van der Waals surface area contributed by atoms with Crippen molar-refractivity contribution in [2.24, 2.45) is 0 Å². The minimum absolute atomic E-state index is 0.139. The van der Waals surface area contributed by atoms with Crippen LogP contribution >= 0.6 is 0 Å². The molecular weight excluding hydrogens is 268 g/mol. The van der Waals surface area contributed by atoms with Gasteiger partial charge in [0.2, 0.25) is 5.91 Å². The third kappa shape index (κ3) is 6.79. The molecule has 1 rings (SSSR count). The van der Waals surface area contributed by atoms with Crippen molar-refractivity contribution in [2.75, 3.05) is 11.9 Å². The van der Waals surface area contributed by atoms with E-state index in [1.807, 2.05) is 32.0 Å². The summed E-state index contributed by atoms with van der Waals surface area (Å²) in [5.41, 5.74) is 2.36. The lowest BCUT2D eigenvalue weighted by Crippen LogP contribution is -2.34. The van der Waals surface area contributed by atoms with Gasteiger partial charge in [-0.2, -0.15) is 0 Å². The summed E-state index contributed by atoms with van der Waals surface area (Å²) in [5.74, 6) is -0.139. The smallest absolute Gasteiger partial charge is 0.407 e. The van der Waals surface area contributed by atoms with Gasteiger partial charge in [0, 0.05) is 18.7 Å². The summed E-state index contributed by atoms with van der Waals surface area (Å²) in [6.07, 6.45) is -0.311. The number of nitrogens with one attached hydrogen (secondary N) is 2. The third-order valence-corrected chi connectivity index (χ3v) is 2.69. The summed E-state index contributed by atoms with van der Waals surface area (Å²) >= 11 is 0. The molecule has 0 heterocycles. The molecule has 2 N–H and O–H groups in total. The van der Waals surface area contributed by atoms with Gasteiger partial charge in [-0.3, -0.25) is 4.79 Å². The molecule has 0 saturated heterocycles. The first kappa shape index (κ1) is 17.0. The van der Waals surface area contributed by atoms with Crippen molar-refractivity contribution < 1.29 is 14.3 Å². The van der Waals surface area contributed by atoms with Crippen LogP contribution in [0, 0.1) is 13.8 Å². The van der Waals surface area contributed by atoms with Crippen molar-refractivity contribution in [3.63, 3.8) is 0 Å². The Balaban J connectivity index is 2.38. The van der Waals surface area contributed by atoms with E-state index in [9.17, 15) is 9.59 Å². The van der Waals surface area contributed by atoms with Gasteiger partial charge in [-0.1, -0.05) is 12.1 Å². The van der Waals surface area contributed by atoms with Crippen LogP contribution in [-0.2, 0) is 9.53 Å². The van der Waals surface area contributed by atoms with Crippen LogP contribution in [0.5, 0.6) is 0 Å². The first-order valence-corrected chi connectivity index (χ1v) is 7.01. The highest BCUT2D eigenvalue weighted by molar-refractivity contribution is 5.91. The lowest BCUT2D eigenvalue weighted by molar-refractivity contribution is -0.116. The highest BCUT2D eigenvalue weighted by Crippen LogP contribution is 2.16. The van der Waals surface area contributed by atoms with Gasteiger partial charge in [0.15, 0.2) is 0 Å². The molecule has 0 radical (unpaired) electrons. The van der Waals surface area contributed by atoms with Crippen molar-refractivity contribution in [1.29, 1.82) is 0 Å². The van der Waals surface area contributed by atoms with Crippen LogP contribution in [0.1, 0.15) is 38.3 Å². The maximum Gasteiger partial charge on any atom is 0.407 e. The molecular formula is C16H24N2O3. The van der Waals surface area contributed by atoms with Crippen molar-refractivity contribution in [3.05, 3.63) is 29.3 Å². The molecule has 0 aliphatic heterocycles. The summed E-state index contributed by atoms with van der Waals surface area (Å²) in [5, 5.41) is 5.40. The second-order valence-corrected chi connectivity index (χ2v) is 6.05. The molecule has 0 saturated carbocycles. The average Bonchev–Trinajstić information content (AvgIpc) is 2.31. The number of aryl methyl sites for hydroxylation is 2. The van der Waals surface area contributed by atoms with Crippen LogP contribution in [-0.4, -0.2) is 24.1 Å². The van der Waals surface area contributed by atoms with Gasteiger partial charge in [0.1, 0.15) is 5.60 Å². The zero-order chi connectivity index (χ0) is 16.0. The highest BCUT2D eigenvalue weighted by atomic mass is 16.6. The molecule has 1 aromatic carbocycles. The second kappa shape index (κ2) is 7.11. The van der Waals surface area contributed by atoms with Gasteiger partial charge in [-0.15, -0.1) is 0 Å². The maximum atomic E-state index is 11.8. The first-order chi connectivity index (χ1) is 9.67. The normalized spacial score (nSPS) is 10.9. The summed E-state index contributed by atoms with van der Waals surface area (Å²) in [7, 11) is 0. The van der Waals surface area contributed by atoms with E-state index < -0.39 is 11.7 Å². The van der Waals surface area contributed by atoms with Gasteiger partial charge in [0.25, 0.3) is 0 Å². The zero-order valence-corrected chi connectivity index (χ0v) is 13.4. The quantitative estimate of drug-likeness (QED) is 0.895. The summed E-state index contributed by atoms with van der Waals surface area (Å²) in [4.78, 5) is 23.3. The maximum absolute atomic E-state index is 11.8. The lowest BCUT2D eigenvalue weighted by atomic mass is 10.1. The lowest BCUT2D eigenvalue weighted by Gasteiger charge is -2.19. The van der Waals surface area contributed by atoms with E-state index in [0.717, 1.165) is 16.8 Å². The number of carbonyl (C=O) groups is 2. The minimum atomic E-state index is -0.537. The van der Waals surface area contributed by atoms with Crippen LogP contribution in [0.4, 0.5) is 10.5 Å². The Morgan fingerprint density at radius 1 is 1.19 bits per heavy atom. The van der Waals surface area contributed by atoms with Gasteiger partial charge in [0.05, 0.1) is 0 Å².